The van der Waals surface area contributed by atoms with Gasteiger partial charge in [0.15, 0.2) is 0 Å². The zero-order chi connectivity index (χ0) is 20.7. The third-order valence-electron chi connectivity index (χ3n) is 4.41. The average Bonchev–Trinajstić information content (AvgIpc) is 3.04. The van der Waals surface area contributed by atoms with Gasteiger partial charge in [-0.2, -0.15) is 0 Å². The van der Waals surface area contributed by atoms with Crippen molar-refractivity contribution in [3.8, 4) is 5.69 Å². The van der Waals surface area contributed by atoms with E-state index in [9.17, 15) is 29.4 Å². The van der Waals surface area contributed by atoms with Gasteiger partial charge in [0.05, 0.1) is 16.0 Å². The second kappa shape index (κ2) is 7.01. The zero-order valence-electron chi connectivity index (χ0n) is 15.2. The zero-order valence-corrected chi connectivity index (χ0v) is 16.0. The molecule has 1 fully saturated rings. The van der Waals surface area contributed by atoms with E-state index in [1.807, 2.05) is 0 Å². The van der Waals surface area contributed by atoms with Gasteiger partial charge in [-0.15, -0.1) is 0 Å². The number of aromatic carboxylic acids is 2. The fourth-order valence-electron chi connectivity index (χ4n) is 3.01. The van der Waals surface area contributed by atoms with Crippen LogP contribution in [0, 0.1) is 13.8 Å². The fraction of sp³-hybridized carbons (Fsp3) is 0.158. The smallest absolute Gasteiger partial charge is 0.335 e. The SMILES string of the molecule is Cc1cc(/C=C2/SC(=O)N(C)C2=O)c(C)n1-c1cc(C(=O)O)cc(C(=O)O)c1. The number of likely N-dealkylation sites (N-methyl/N-ethyl adjacent to an activating group) is 1. The summed E-state index contributed by atoms with van der Waals surface area (Å²) in [7, 11) is 1.41. The van der Waals surface area contributed by atoms with E-state index in [1.165, 1.54) is 19.2 Å². The summed E-state index contributed by atoms with van der Waals surface area (Å²) >= 11 is 0.843. The highest BCUT2D eigenvalue weighted by Crippen LogP contribution is 2.33. The highest BCUT2D eigenvalue weighted by atomic mass is 32.2. The Bertz CT molecular complexity index is 1050. The molecule has 2 N–H and O–H groups in total. The van der Waals surface area contributed by atoms with Crippen molar-refractivity contribution in [1.29, 1.82) is 0 Å². The number of thioether (sulfide) groups is 1. The average molecular weight is 400 g/mol. The van der Waals surface area contributed by atoms with Gasteiger partial charge >= 0.3 is 11.9 Å². The molecule has 0 radical (unpaired) electrons. The van der Waals surface area contributed by atoms with E-state index in [-0.39, 0.29) is 22.3 Å². The molecule has 2 aromatic rings. The van der Waals surface area contributed by atoms with Crippen molar-refractivity contribution in [3.63, 3.8) is 0 Å². The molecule has 2 heterocycles. The molecule has 1 aliphatic heterocycles. The van der Waals surface area contributed by atoms with Crippen LogP contribution in [0.25, 0.3) is 11.8 Å². The van der Waals surface area contributed by atoms with E-state index in [2.05, 4.69) is 0 Å². The Hall–Kier alpha value is -3.33. The molecule has 1 aliphatic rings. The maximum atomic E-state index is 12.1. The number of benzene rings is 1. The van der Waals surface area contributed by atoms with Crippen molar-refractivity contribution in [2.45, 2.75) is 13.8 Å². The summed E-state index contributed by atoms with van der Waals surface area (Å²) in [5.41, 5.74) is 2.18. The van der Waals surface area contributed by atoms with E-state index >= 15 is 0 Å². The number of hydrogen-bond acceptors (Lipinski definition) is 5. The maximum Gasteiger partial charge on any atom is 0.335 e. The van der Waals surface area contributed by atoms with E-state index in [4.69, 9.17) is 0 Å². The van der Waals surface area contributed by atoms with Crippen LogP contribution in [0.2, 0.25) is 0 Å². The van der Waals surface area contributed by atoms with Crippen LogP contribution in [-0.4, -0.2) is 49.8 Å². The van der Waals surface area contributed by atoms with Gasteiger partial charge in [-0.25, -0.2) is 9.59 Å². The van der Waals surface area contributed by atoms with Crippen LogP contribution >= 0.6 is 11.8 Å². The number of carbonyl (C=O) groups is 4. The van der Waals surface area contributed by atoms with Crippen LogP contribution in [0.3, 0.4) is 0 Å². The molecule has 9 heteroatoms. The number of amides is 2. The summed E-state index contributed by atoms with van der Waals surface area (Å²) in [6.07, 6.45) is 1.60. The third-order valence-corrected chi connectivity index (χ3v) is 5.37. The molecule has 0 spiro atoms. The van der Waals surface area contributed by atoms with Crippen molar-refractivity contribution >= 4 is 40.9 Å². The molecule has 0 saturated carbocycles. The summed E-state index contributed by atoms with van der Waals surface area (Å²) in [4.78, 5) is 47.9. The summed E-state index contributed by atoms with van der Waals surface area (Å²) in [6, 6.07) is 5.66. The summed E-state index contributed by atoms with van der Waals surface area (Å²) < 4.78 is 1.71. The van der Waals surface area contributed by atoms with Crippen LogP contribution in [0.4, 0.5) is 4.79 Å². The Labute approximate surface area is 164 Å². The molecule has 0 unspecified atom stereocenters. The summed E-state index contributed by atoms with van der Waals surface area (Å²) in [5, 5.41) is 18.2. The van der Waals surface area contributed by atoms with Gasteiger partial charge in [-0.05, 0) is 61.5 Å². The topological polar surface area (TPSA) is 117 Å². The molecule has 3 rings (SSSR count). The number of aromatic nitrogens is 1. The third kappa shape index (κ3) is 3.31. The van der Waals surface area contributed by atoms with Crippen LogP contribution in [0.15, 0.2) is 29.2 Å². The molecule has 0 atom stereocenters. The van der Waals surface area contributed by atoms with Gasteiger partial charge in [0, 0.05) is 24.1 Å². The molecule has 0 bridgehead atoms. The Kier molecular flexibility index (Phi) is 4.86. The minimum Gasteiger partial charge on any atom is -0.478 e. The lowest BCUT2D eigenvalue weighted by atomic mass is 10.1. The Morgan fingerprint density at radius 2 is 1.57 bits per heavy atom. The molecule has 1 saturated heterocycles. The lowest BCUT2D eigenvalue weighted by Gasteiger charge is -2.12. The Balaban J connectivity index is 2.13. The molecular formula is C19H16N2O6S. The van der Waals surface area contributed by atoms with E-state index in [0.717, 1.165) is 28.4 Å². The maximum absolute atomic E-state index is 12.1. The predicted octanol–water partition coefficient (Wildman–Crippen LogP) is 3.16. The Morgan fingerprint density at radius 3 is 2.04 bits per heavy atom. The largest absolute Gasteiger partial charge is 0.478 e. The number of imide groups is 1. The van der Waals surface area contributed by atoms with Crippen LogP contribution in [0.5, 0.6) is 0 Å². The second-order valence-corrected chi connectivity index (χ2v) is 7.27. The van der Waals surface area contributed by atoms with E-state index < -0.39 is 11.9 Å². The highest BCUT2D eigenvalue weighted by molar-refractivity contribution is 8.18. The quantitative estimate of drug-likeness (QED) is 0.757. The van der Waals surface area contributed by atoms with Gasteiger partial charge in [0.25, 0.3) is 11.1 Å². The number of rotatable bonds is 4. The summed E-state index contributed by atoms with van der Waals surface area (Å²) in [6.45, 7) is 3.55. The van der Waals surface area contributed by atoms with E-state index in [0.29, 0.717) is 21.8 Å². The lowest BCUT2D eigenvalue weighted by molar-refractivity contribution is -0.121. The first-order valence-electron chi connectivity index (χ1n) is 8.12. The van der Waals surface area contributed by atoms with Crippen LogP contribution < -0.4 is 0 Å². The van der Waals surface area contributed by atoms with Crippen molar-refractivity contribution < 1.29 is 29.4 Å². The second-order valence-electron chi connectivity index (χ2n) is 6.28. The van der Waals surface area contributed by atoms with Gasteiger partial charge in [-0.3, -0.25) is 14.5 Å². The predicted molar refractivity (Wildman–Crippen MR) is 103 cm³/mol. The number of carboxylic acid groups (broad SMARTS) is 2. The fourth-order valence-corrected chi connectivity index (χ4v) is 3.82. The van der Waals surface area contributed by atoms with Gasteiger partial charge in [-0.1, -0.05) is 0 Å². The van der Waals surface area contributed by atoms with Gasteiger partial charge in [0.2, 0.25) is 0 Å². The standard InChI is InChI=1S/C19H16N2O6S/c1-9-4-11(8-15-16(22)20(3)19(27)28-15)10(2)21(9)14-6-12(17(23)24)5-13(7-14)18(25)26/h4-8H,1-3H3,(H,23,24)(H,25,26)/b15-8+. The first-order chi connectivity index (χ1) is 13.1. The number of carboxylic acids is 2. The van der Waals surface area contributed by atoms with Gasteiger partial charge in [0.1, 0.15) is 0 Å². The van der Waals surface area contributed by atoms with Crippen molar-refractivity contribution in [2.24, 2.45) is 0 Å². The number of aryl methyl sites for hydroxylation is 1. The first-order valence-corrected chi connectivity index (χ1v) is 8.94. The van der Waals surface area contributed by atoms with Crippen molar-refractivity contribution in [3.05, 3.63) is 57.2 Å². The molecule has 1 aromatic heterocycles. The molecule has 8 nitrogen and oxygen atoms in total. The number of nitrogens with zero attached hydrogens (tertiary/aromatic N) is 2. The lowest BCUT2D eigenvalue weighted by Crippen LogP contribution is -2.22. The Morgan fingerprint density at radius 1 is 1.00 bits per heavy atom. The monoisotopic (exact) mass is 400 g/mol. The van der Waals surface area contributed by atoms with E-state index in [1.54, 1.807) is 30.6 Å². The normalized spacial score (nSPS) is 15.5. The van der Waals surface area contributed by atoms with Crippen LogP contribution in [-0.2, 0) is 4.79 Å². The molecular weight excluding hydrogens is 384 g/mol. The molecule has 28 heavy (non-hydrogen) atoms. The van der Waals surface area contributed by atoms with Crippen molar-refractivity contribution in [1.82, 2.24) is 9.47 Å². The number of hydrogen-bond donors (Lipinski definition) is 2. The molecule has 0 aliphatic carbocycles. The first kappa shape index (κ1) is 19.4. The molecule has 1 aromatic carbocycles. The molecule has 144 valence electrons. The van der Waals surface area contributed by atoms with Crippen molar-refractivity contribution in [2.75, 3.05) is 7.05 Å². The minimum absolute atomic E-state index is 0.143. The molecule has 2 amide bonds. The number of carbonyl (C=O) groups excluding carboxylic acids is 2. The van der Waals surface area contributed by atoms with Crippen LogP contribution in [0.1, 0.15) is 37.7 Å². The summed E-state index contributed by atoms with van der Waals surface area (Å²) in [5.74, 6) is -2.85. The highest BCUT2D eigenvalue weighted by Gasteiger charge is 2.32. The minimum atomic E-state index is -1.23. The van der Waals surface area contributed by atoms with Gasteiger partial charge < -0.3 is 14.8 Å².